The molecule has 4 nitrogen and oxygen atoms in total. The molecule has 2 N–H and O–H groups in total. The Labute approximate surface area is 148 Å². The number of carbonyl (C=O) groups excluding carboxylic acids is 1. The molecule has 0 aliphatic heterocycles. The lowest BCUT2D eigenvalue weighted by Crippen LogP contribution is -2.32. The van der Waals surface area contributed by atoms with E-state index in [1.807, 2.05) is 55.5 Å². The third-order valence-corrected chi connectivity index (χ3v) is 3.97. The molecule has 0 bridgehead atoms. The Kier molecular flexibility index (Phi) is 5.42. The molecular weight excluding hydrogens is 310 g/mol. The summed E-state index contributed by atoms with van der Waals surface area (Å²) >= 11 is 0. The summed E-state index contributed by atoms with van der Waals surface area (Å²) in [6.07, 6.45) is 7.91. The van der Waals surface area contributed by atoms with Crippen molar-refractivity contribution < 1.29 is 4.79 Å². The lowest BCUT2D eigenvalue weighted by Gasteiger charge is -2.09. The van der Waals surface area contributed by atoms with Crippen LogP contribution in [0.15, 0.2) is 83.6 Å². The van der Waals surface area contributed by atoms with Gasteiger partial charge in [-0.1, -0.05) is 60.7 Å². The first-order chi connectivity index (χ1) is 12.2. The van der Waals surface area contributed by atoms with Gasteiger partial charge in [-0.2, -0.15) is 5.10 Å². The molecule has 25 heavy (non-hydrogen) atoms. The largest absolute Gasteiger partial charge is 0.339 e. The summed E-state index contributed by atoms with van der Waals surface area (Å²) < 4.78 is 0. The van der Waals surface area contributed by atoms with Gasteiger partial charge in [0.15, 0.2) is 0 Å². The molecule has 0 fully saturated rings. The SMILES string of the molecule is C/C(=N\NC(=O)NC1=CCCC=C1)c1cccc(-c2ccccc2)c1. The van der Waals surface area contributed by atoms with Crippen molar-refractivity contribution in [1.29, 1.82) is 0 Å². The molecule has 2 aromatic carbocycles. The van der Waals surface area contributed by atoms with E-state index in [9.17, 15) is 4.79 Å². The number of hydrogen-bond donors (Lipinski definition) is 2. The number of nitrogens with one attached hydrogen (secondary N) is 2. The molecule has 0 aromatic heterocycles. The van der Waals surface area contributed by atoms with Crippen molar-refractivity contribution in [2.24, 2.45) is 5.10 Å². The third kappa shape index (κ3) is 4.67. The molecule has 0 saturated carbocycles. The van der Waals surface area contributed by atoms with E-state index in [2.05, 4.69) is 40.1 Å². The summed E-state index contributed by atoms with van der Waals surface area (Å²) in [5.41, 5.74) is 7.35. The highest BCUT2D eigenvalue weighted by molar-refractivity contribution is 6.00. The fourth-order valence-corrected chi connectivity index (χ4v) is 2.62. The smallest absolute Gasteiger partial charge is 0.307 e. The molecule has 0 spiro atoms. The molecule has 2 amide bonds. The predicted molar refractivity (Wildman–Crippen MR) is 102 cm³/mol. The monoisotopic (exact) mass is 331 g/mol. The van der Waals surface area contributed by atoms with E-state index in [4.69, 9.17) is 0 Å². The summed E-state index contributed by atoms with van der Waals surface area (Å²) in [5, 5.41) is 6.98. The molecule has 0 heterocycles. The van der Waals surface area contributed by atoms with Crippen LogP contribution in [0.2, 0.25) is 0 Å². The molecule has 0 atom stereocenters. The van der Waals surface area contributed by atoms with E-state index in [1.54, 1.807) is 0 Å². The normalized spacial score (nSPS) is 14.0. The van der Waals surface area contributed by atoms with Gasteiger partial charge in [-0.15, -0.1) is 0 Å². The zero-order valence-electron chi connectivity index (χ0n) is 14.2. The van der Waals surface area contributed by atoms with Crippen molar-refractivity contribution in [2.45, 2.75) is 19.8 Å². The maximum atomic E-state index is 11.9. The van der Waals surface area contributed by atoms with Gasteiger partial charge in [0.25, 0.3) is 0 Å². The van der Waals surface area contributed by atoms with Gasteiger partial charge in [0.1, 0.15) is 0 Å². The van der Waals surface area contributed by atoms with Gasteiger partial charge in [-0.25, -0.2) is 10.2 Å². The summed E-state index contributed by atoms with van der Waals surface area (Å²) in [6, 6.07) is 18.0. The van der Waals surface area contributed by atoms with Crippen molar-refractivity contribution in [3.05, 3.63) is 84.1 Å². The lowest BCUT2D eigenvalue weighted by atomic mass is 10.0. The van der Waals surface area contributed by atoms with E-state index in [0.29, 0.717) is 0 Å². The fourth-order valence-electron chi connectivity index (χ4n) is 2.62. The maximum absolute atomic E-state index is 11.9. The number of rotatable bonds is 4. The number of allylic oxidation sites excluding steroid dienone is 3. The van der Waals surface area contributed by atoms with E-state index < -0.39 is 0 Å². The minimum atomic E-state index is -0.337. The standard InChI is InChI=1S/C21H21N3O/c1-16(23-24-21(25)22-20-13-6-3-7-14-20)18-11-8-12-19(15-18)17-9-4-2-5-10-17/h2,4-6,8-15H,3,7H2,1H3,(H2,22,24,25)/b23-16+. The Morgan fingerprint density at radius 1 is 1.00 bits per heavy atom. The van der Waals surface area contributed by atoms with Gasteiger partial charge in [-0.3, -0.25) is 0 Å². The van der Waals surface area contributed by atoms with Gasteiger partial charge >= 0.3 is 6.03 Å². The number of carbonyl (C=O) groups is 1. The molecule has 0 saturated heterocycles. The van der Waals surface area contributed by atoms with E-state index in [0.717, 1.165) is 40.9 Å². The molecule has 2 aromatic rings. The van der Waals surface area contributed by atoms with Crippen LogP contribution in [0.1, 0.15) is 25.3 Å². The Morgan fingerprint density at radius 3 is 2.56 bits per heavy atom. The Bertz CT molecular complexity index is 835. The number of nitrogens with zero attached hydrogens (tertiary/aromatic N) is 1. The topological polar surface area (TPSA) is 53.5 Å². The Hall–Kier alpha value is -3.14. The highest BCUT2D eigenvalue weighted by atomic mass is 16.2. The number of amides is 2. The van der Waals surface area contributed by atoms with Crippen LogP contribution in [-0.2, 0) is 0 Å². The molecule has 0 unspecified atom stereocenters. The zero-order valence-corrected chi connectivity index (χ0v) is 14.2. The Balaban J connectivity index is 1.67. The Morgan fingerprint density at radius 2 is 1.80 bits per heavy atom. The van der Waals surface area contributed by atoms with Gasteiger partial charge in [0.05, 0.1) is 5.71 Å². The van der Waals surface area contributed by atoms with E-state index >= 15 is 0 Å². The van der Waals surface area contributed by atoms with Gasteiger partial charge in [0, 0.05) is 5.70 Å². The molecule has 1 aliphatic rings. The minimum Gasteiger partial charge on any atom is -0.307 e. The van der Waals surface area contributed by atoms with Crippen LogP contribution >= 0.6 is 0 Å². The first kappa shape index (κ1) is 16.7. The van der Waals surface area contributed by atoms with Crippen LogP contribution in [0.4, 0.5) is 4.79 Å². The molecule has 126 valence electrons. The molecule has 4 heteroatoms. The van der Waals surface area contributed by atoms with E-state index in [1.165, 1.54) is 0 Å². The van der Waals surface area contributed by atoms with Crippen molar-refractivity contribution in [3.8, 4) is 11.1 Å². The van der Waals surface area contributed by atoms with Gasteiger partial charge < -0.3 is 5.32 Å². The van der Waals surface area contributed by atoms with Crippen molar-refractivity contribution >= 4 is 11.7 Å². The zero-order chi connectivity index (χ0) is 17.5. The van der Waals surface area contributed by atoms with E-state index in [-0.39, 0.29) is 6.03 Å². The van der Waals surface area contributed by atoms with Crippen molar-refractivity contribution in [2.75, 3.05) is 0 Å². The van der Waals surface area contributed by atoms with Crippen LogP contribution in [0, 0.1) is 0 Å². The second-order valence-electron chi connectivity index (χ2n) is 5.85. The van der Waals surface area contributed by atoms with Crippen molar-refractivity contribution in [1.82, 2.24) is 10.7 Å². The van der Waals surface area contributed by atoms with Crippen LogP contribution in [0.25, 0.3) is 11.1 Å². The number of hydrazone groups is 1. The predicted octanol–water partition coefficient (Wildman–Crippen LogP) is 4.61. The minimum absolute atomic E-state index is 0.337. The fraction of sp³-hybridized carbons (Fsp3) is 0.143. The highest BCUT2D eigenvalue weighted by Gasteiger charge is 2.05. The number of urea groups is 1. The first-order valence-corrected chi connectivity index (χ1v) is 8.36. The summed E-state index contributed by atoms with van der Waals surface area (Å²) in [5.74, 6) is 0. The summed E-state index contributed by atoms with van der Waals surface area (Å²) in [6.45, 7) is 1.88. The quantitative estimate of drug-likeness (QED) is 0.624. The average Bonchev–Trinajstić information content (AvgIpc) is 2.68. The lowest BCUT2D eigenvalue weighted by molar-refractivity contribution is 0.244. The van der Waals surface area contributed by atoms with Gasteiger partial charge in [-0.05, 0) is 48.6 Å². The molecule has 3 rings (SSSR count). The molecule has 0 radical (unpaired) electrons. The molecule has 1 aliphatic carbocycles. The van der Waals surface area contributed by atoms with Crippen LogP contribution in [0.5, 0.6) is 0 Å². The second kappa shape index (κ2) is 8.11. The van der Waals surface area contributed by atoms with Crippen molar-refractivity contribution in [3.63, 3.8) is 0 Å². The van der Waals surface area contributed by atoms with Gasteiger partial charge in [0.2, 0.25) is 0 Å². The second-order valence-corrected chi connectivity index (χ2v) is 5.85. The first-order valence-electron chi connectivity index (χ1n) is 8.36. The van der Waals surface area contributed by atoms with Crippen LogP contribution in [-0.4, -0.2) is 11.7 Å². The van der Waals surface area contributed by atoms with Crippen LogP contribution < -0.4 is 10.7 Å². The molecular formula is C21H21N3O. The summed E-state index contributed by atoms with van der Waals surface area (Å²) in [7, 11) is 0. The maximum Gasteiger partial charge on any atom is 0.339 e. The highest BCUT2D eigenvalue weighted by Crippen LogP contribution is 2.20. The third-order valence-electron chi connectivity index (χ3n) is 3.97. The summed E-state index contributed by atoms with van der Waals surface area (Å²) in [4.78, 5) is 11.9. The average molecular weight is 331 g/mol. The number of benzene rings is 2. The van der Waals surface area contributed by atoms with Crippen LogP contribution in [0.3, 0.4) is 0 Å². The number of hydrogen-bond acceptors (Lipinski definition) is 2.